The number of hydrogen-bond acceptors (Lipinski definition) is 5. The lowest BCUT2D eigenvalue weighted by Gasteiger charge is -2.29. The molecular formula is C16H20N2O3S. The van der Waals surface area contributed by atoms with Crippen LogP contribution in [-0.2, 0) is 9.53 Å². The summed E-state index contributed by atoms with van der Waals surface area (Å²) in [5.41, 5.74) is 2.70. The molecule has 1 amide bonds. The topological polar surface area (TPSA) is 68.3 Å². The van der Waals surface area contributed by atoms with E-state index < -0.39 is 0 Å². The average Bonchev–Trinajstić information content (AvgIpc) is 2.97. The highest BCUT2D eigenvalue weighted by Crippen LogP contribution is 2.49. The van der Waals surface area contributed by atoms with Crippen molar-refractivity contribution >= 4 is 23.2 Å². The third-order valence-electron chi connectivity index (χ3n) is 5.45. The molecule has 1 N–H and O–H groups in total. The fourth-order valence-electron chi connectivity index (χ4n) is 4.26. The number of carbonyl (C=O) groups is 2. The first-order valence-electron chi connectivity index (χ1n) is 8.01. The summed E-state index contributed by atoms with van der Waals surface area (Å²) in [6.07, 6.45) is 5.46. The summed E-state index contributed by atoms with van der Waals surface area (Å²) in [6.45, 7) is 0. The zero-order valence-corrected chi connectivity index (χ0v) is 13.4. The minimum atomic E-state index is -0.177. The molecular weight excluding hydrogens is 300 g/mol. The van der Waals surface area contributed by atoms with Gasteiger partial charge in [-0.3, -0.25) is 9.59 Å². The van der Waals surface area contributed by atoms with Crippen molar-refractivity contribution in [2.75, 3.05) is 7.11 Å². The molecule has 4 unspecified atom stereocenters. The van der Waals surface area contributed by atoms with Gasteiger partial charge in [0, 0.05) is 12.0 Å². The Bertz CT molecular complexity index is 610. The number of thiazole rings is 1. The second kappa shape index (κ2) is 5.33. The monoisotopic (exact) mass is 320 g/mol. The second-order valence-electron chi connectivity index (χ2n) is 6.72. The van der Waals surface area contributed by atoms with E-state index >= 15 is 0 Å². The van der Waals surface area contributed by atoms with Gasteiger partial charge < -0.3 is 10.1 Å². The van der Waals surface area contributed by atoms with Crippen molar-refractivity contribution < 1.29 is 14.3 Å². The number of hydrogen-bond donors (Lipinski definition) is 1. The number of nitrogens with zero attached hydrogens (tertiary/aromatic N) is 1. The fourth-order valence-corrected chi connectivity index (χ4v) is 5.04. The number of carbonyl (C=O) groups excluding carboxylic acids is 2. The van der Waals surface area contributed by atoms with Crippen molar-refractivity contribution in [3.8, 4) is 0 Å². The predicted octanol–water partition coefficient (Wildman–Crippen LogP) is 2.34. The largest absolute Gasteiger partial charge is 0.469 e. The van der Waals surface area contributed by atoms with Crippen LogP contribution in [0.15, 0.2) is 5.51 Å². The van der Waals surface area contributed by atoms with Crippen molar-refractivity contribution in [2.24, 2.45) is 17.8 Å². The first-order chi connectivity index (χ1) is 10.7. The van der Waals surface area contributed by atoms with Crippen LogP contribution < -0.4 is 5.32 Å². The Labute approximate surface area is 133 Å². The molecule has 1 heterocycles. The number of fused-ring (bicyclic) bond motifs is 2. The summed E-state index contributed by atoms with van der Waals surface area (Å²) in [6, 6.07) is -0.0761. The van der Waals surface area contributed by atoms with Crippen LogP contribution >= 0.6 is 11.3 Å². The Kier molecular flexibility index (Phi) is 3.44. The molecule has 22 heavy (non-hydrogen) atoms. The summed E-state index contributed by atoms with van der Waals surface area (Å²) in [4.78, 5) is 29.8. The maximum atomic E-state index is 12.7. The number of rotatable bonds is 4. The molecule has 0 aromatic carbocycles. The standard InChI is InChI=1S/C16H20N2O3S/c1-21-16(20)11-9-4-5-10(6-9)12(11)18-15(19)14-13(8-2-3-8)17-7-22-14/h7-12H,2-6H2,1H3,(H,18,19). The average molecular weight is 320 g/mol. The van der Waals surface area contributed by atoms with Crippen LogP contribution in [-0.4, -0.2) is 30.0 Å². The Morgan fingerprint density at radius 3 is 2.77 bits per heavy atom. The Balaban J connectivity index is 1.53. The van der Waals surface area contributed by atoms with Crippen LogP contribution in [0.3, 0.4) is 0 Å². The molecule has 3 aliphatic rings. The van der Waals surface area contributed by atoms with Crippen LogP contribution in [0.1, 0.15) is 53.4 Å². The Morgan fingerprint density at radius 1 is 1.27 bits per heavy atom. The van der Waals surface area contributed by atoms with E-state index in [9.17, 15) is 9.59 Å². The minimum absolute atomic E-state index is 0.0594. The number of nitrogens with one attached hydrogen (secondary N) is 1. The zero-order valence-electron chi connectivity index (χ0n) is 12.6. The van der Waals surface area contributed by atoms with Gasteiger partial charge in [-0.2, -0.15) is 0 Å². The van der Waals surface area contributed by atoms with Crippen molar-refractivity contribution in [1.82, 2.24) is 10.3 Å². The maximum Gasteiger partial charge on any atom is 0.311 e. The van der Waals surface area contributed by atoms with Crippen LogP contribution in [0.25, 0.3) is 0 Å². The highest BCUT2D eigenvalue weighted by atomic mass is 32.1. The molecule has 4 atom stereocenters. The molecule has 5 nitrogen and oxygen atoms in total. The molecule has 0 radical (unpaired) electrons. The Hall–Kier alpha value is -1.43. The van der Waals surface area contributed by atoms with Gasteiger partial charge in [-0.1, -0.05) is 0 Å². The summed E-state index contributed by atoms with van der Waals surface area (Å²) in [5.74, 6) is 0.830. The molecule has 0 saturated heterocycles. The van der Waals surface area contributed by atoms with Crippen molar-refractivity contribution in [2.45, 2.75) is 44.1 Å². The summed E-state index contributed by atoms with van der Waals surface area (Å²) in [7, 11) is 1.43. The Morgan fingerprint density at radius 2 is 2.05 bits per heavy atom. The van der Waals surface area contributed by atoms with Gasteiger partial charge in [0.2, 0.25) is 0 Å². The van der Waals surface area contributed by atoms with Crippen LogP contribution in [0.2, 0.25) is 0 Å². The van der Waals surface area contributed by atoms with E-state index in [2.05, 4.69) is 10.3 Å². The lowest BCUT2D eigenvalue weighted by Crippen LogP contribution is -2.47. The van der Waals surface area contributed by atoms with E-state index in [1.807, 2.05) is 0 Å². The molecule has 6 heteroatoms. The van der Waals surface area contributed by atoms with Crippen molar-refractivity contribution in [1.29, 1.82) is 0 Å². The molecule has 3 saturated carbocycles. The number of ether oxygens (including phenoxy) is 1. The summed E-state index contributed by atoms with van der Waals surface area (Å²) < 4.78 is 4.96. The lowest BCUT2D eigenvalue weighted by molar-refractivity contribution is -0.148. The van der Waals surface area contributed by atoms with Crippen LogP contribution in [0, 0.1) is 17.8 Å². The molecule has 2 bridgehead atoms. The summed E-state index contributed by atoms with van der Waals surface area (Å²) in [5, 5.41) is 3.13. The highest BCUT2D eigenvalue weighted by Gasteiger charge is 2.52. The SMILES string of the molecule is COC(=O)C1C2CCC(C2)C1NC(=O)c1scnc1C1CC1. The maximum absolute atomic E-state index is 12.7. The second-order valence-corrected chi connectivity index (χ2v) is 7.58. The molecule has 0 spiro atoms. The van der Waals surface area contributed by atoms with E-state index in [-0.39, 0.29) is 23.8 Å². The number of methoxy groups -OCH3 is 1. The minimum Gasteiger partial charge on any atom is -0.469 e. The third kappa shape index (κ3) is 2.24. The number of esters is 1. The van der Waals surface area contributed by atoms with Gasteiger partial charge in [0.05, 0.1) is 24.2 Å². The van der Waals surface area contributed by atoms with Crippen molar-refractivity contribution in [3.05, 3.63) is 16.1 Å². The molecule has 4 rings (SSSR count). The van der Waals surface area contributed by atoms with Gasteiger partial charge in [-0.05, 0) is 43.9 Å². The smallest absolute Gasteiger partial charge is 0.311 e. The molecule has 118 valence electrons. The molecule has 1 aromatic rings. The van der Waals surface area contributed by atoms with Gasteiger partial charge in [0.15, 0.2) is 0 Å². The van der Waals surface area contributed by atoms with E-state index in [0.29, 0.717) is 17.8 Å². The van der Waals surface area contributed by atoms with E-state index in [4.69, 9.17) is 4.74 Å². The first-order valence-corrected chi connectivity index (χ1v) is 8.89. The highest BCUT2D eigenvalue weighted by molar-refractivity contribution is 7.11. The number of amides is 1. The quantitative estimate of drug-likeness (QED) is 0.865. The molecule has 1 aromatic heterocycles. The van der Waals surface area contributed by atoms with Gasteiger partial charge in [0.1, 0.15) is 4.88 Å². The lowest BCUT2D eigenvalue weighted by atomic mass is 9.84. The van der Waals surface area contributed by atoms with Crippen LogP contribution in [0.4, 0.5) is 0 Å². The third-order valence-corrected chi connectivity index (χ3v) is 6.29. The van der Waals surface area contributed by atoms with E-state index in [0.717, 1.165) is 42.7 Å². The van der Waals surface area contributed by atoms with Gasteiger partial charge in [0.25, 0.3) is 5.91 Å². The molecule has 0 aliphatic heterocycles. The predicted molar refractivity (Wildman–Crippen MR) is 81.7 cm³/mol. The molecule has 3 aliphatic carbocycles. The number of aromatic nitrogens is 1. The van der Waals surface area contributed by atoms with Gasteiger partial charge in [-0.25, -0.2) is 4.98 Å². The summed E-state index contributed by atoms with van der Waals surface area (Å²) >= 11 is 1.41. The van der Waals surface area contributed by atoms with E-state index in [1.165, 1.54) is 18.4 Å². The normalized spacial score (nSPS) is 33.0. The fraction of sp³-hybridized carbons (Fsp3) is 0.688. The van der Waals surface area contributed by atoms with Crippen molar-refractivity contribution in [3.63, 3.8) is 0 Å². The van der Waals surface area contributed by atoms with Crippen LogP contribution in [0.5, 0.6) is 0 Å². The molecule has 3 fully saturated rings. The first kappa shape index (κ1) is 14.2. The van der Waals surface area contributed by atoms with Gasteiger partial charge >= 0.3 is 5.97 Å². The van der Waals surface area contributed by atoms with Gasteiger partial charge in [-0.15, -0.1) is 11.3 Å². The zero-order chi connectivity index (χ0) is 15.3. The van der Waals surface area contributed by atoms with E-state index in [1.54, 1.807) is 5.51 Å².